The first-order chi connectivity index (χ1) is 9.90. The molecule has 0 atom stereocenters. The summed E-state index contributed by atoms with van der Waals surface area (Å²) < 4.78 is 13.8. The molecule has 8 heteroatoms. The number of benzene rings is 1. The van der Waals surface area contributed by atoms with Gasteiger partial charge in [-0.1, -0.05) is 0 Å². The van der Waals surface area contributed by atoms with Crippen molar-refractivity contribution in [2.75, 3.05) is 25.5 Å². The van der Waals surface area contributed by atoms with Gasteiger partial charge in [0.15, 0.2) is 5.82 Å². The molecule has 7 nitrogen and oxygen atoms in total. The Labute approximate surface area is 120 Å². The molecular formula is C13H16FN3O4. The Morgan fingerprint density at radius 2 is 2.24 bits per heavy atom. The molecule has 2 N–H and O–H groups in total. The van der Waals surface area contributed by atoms with Crippen molar-refractivity contribution in [1.29, 1.82) is 0 Å². The summed E-state index contributed by atoms with van der Waals surface area (Å²) in [5.41, 5.74) is -1.32. The van der Waals surface area contributed by atoms with Gasteiger partial charge in [-0.25, -0.2) is 9.18 Å². The molecular weight excluding hydrogens is 281 g/mol. The fourth-order valence-corrected chi connectivity index (χ4v) is 2.09. The van der Waals surface area contributed by atoms with E-state index in [0.717, 1.165) is 18.9 Å². The van der Waals surface area contributed by atoms with Gasteiger partial charge < -0.3 is 15.3 Å². The monoisotopic (exact) mass is 297 g/mol. The van der Waals surface area contributed by atoms with Crippen LogP contribution < -0.4 is 5.32 Å². The lowest BCUT2D eigenvalue weighted by Gasteiger charge is -2.16. The number of carboxylic acids is 1. The van der Waals surface area contributed by atoms with Crippen molar-refractivity contribution in [3.63, 3.8) is 0 Å². The fourth-order valence-electron chi connectivity index (χ4n) is 2.09. The van der Waals surface area contributed by atoms with Crippen LogP contribution in [0.25, 0.3) is 0 Å². The zero-order valence-electron chi connectivity index (χ0n) is 11.5. The molecule has 0 unspecified atom stereocenters. The standard InChI is InChI=1S/C13H16FN3O4/c1-16(8-2-3-8)5-4-15-11-6-9(13(18)19)12(17(20)21)7-10(11)14/h6-8,15H,2-5H2,1H3,(H,18,19). The van der Waals surface area contributed by atoms with E-state index < -0.39 is 28.0 Å². The van der Waals surface area contributed by atoms with E-state index in [-0.39, 0.29) is 5.69 Å². The number of rotatable bonds is 7. The van der Waals surface area contributed by atoms with Crippen LogP contribution in [0.1, 0.15) is 23.2 Å². The van der Waals surface area contributed by atoms with Gasteiger partial charge in [0.2, 0.25) is 0 Å². The molecule has 0 bridgehead atoms. The first-order valence-electron chi connectivity index (χ1n) is 6.55. The van der Waals surface area contributed by atoms with Crippen molar-refractivity contribution in [2.24, 2.45) is 0 Å². The average molecular weight is 297 g/mol. The van der Waals surface area contributed by atoms with Crippen LogP contribution in [0.3, 0.4) is 0 Å². The Morgan fingerprint density at radius 3 is 2.76 bits per heavy atom. The SMILES string of the molecule is CN(CCNc1cc(C(=O)O)c([N+](=O)[O-])cc1F)C1CC1. The van der Waals surface area contributed by atoms with Gasteiger partial charge >= 0.3 is 5.97 Å². The molecule has 0 radical (unpaired) electrons. The Bertz CT molecular complexity index is 575. The van der Waals surface area contributed by atoms with Crippen molar-refractivity contribution in [2.45, 2.75) is 18.9 Å². The number of hydrogen-bond acceptors (Lipinski definition) is 5. The van der Waals surface area contributed by atoms with E-state index in [0.29, 0.717) is 25.2 Å². The van der Waals surface area contributed by atoms with Gasteiger partial charge in [-0.2, -0.15) is 0 Å². The maximum absolute atomic E-state index is 13.8. The van der Waals surface area contributed by atoms with Gasteiger partial charge in [-0.05, 0) is 26.0 Å². The van der Waals surface area contributed by atoms with Crippen LogP contribution in [-0.2, 0) is 0 Å². The number of halogens is 1. The Hall–Kier alpha value is -2.22. The number of nitro benzene ring substituents is 1. The summed E-state index contributed by atoms with van der Waals surface area (Å²) in [6.07, 6.45) is 2.32. The van der Waals surface area contributed by atoms with Crippen LogP contribution >= 0.6 is 0 Å². The van der Waals surface area contributed by atoms with Crippen LogP contribution in [0.5, 0.6) is 0 Å². The van der Waals surface area contributed by atoms with Crippen molar-refractivity contribution in [1.82, 2.24) is 4.90 Å². The van der Waals surface area contributed by atoms with E-state index in [1.807, 2.05) is 7.05 Å². The highest BCUT2D eigenvalue weighted by molar-refractivity contribution is 5.93. The first-order valence-corrected chi connectivity index (χ1v) is 6.55. The van der Waals surface area contributed by atoms with Crippen molar-refractivity contribution < 1.29 is 19.2 Å². The number of carboxylic acid groups (broad SMARTS) is 1. The number of carbonyl (C=O) groups is 1. The zero-order valence-corrected chi connectivity index (χ0v) is 11.5. The topological polar surface area (TPSA) is 95.7 Å². The van der Waals surface area contributed by atoms with E-state index in [1.165, 1.54) is 0 Å². The lowest BCUT2D eigenvalue weighted by molar-refractivity contribution is -0.385. The fraction of sp³-hybridized carbons (Fsp3) is 0.462. The smallest absolute Gasteiger partial charge is 0.342 e. The van der Waals surface area contributed by atoms with Crippen LogP contribution in [0.2, 0.25) is 0 Å². The van der Waals surface area contributed by atoms with Gasteiger partial charge in [0, 0.05) is 19.1 Å². The number of nitrogens with one attached hydrogen (secondary N) is 1. The normalized spacial score (nSPS) is 14.2. The Kier molecular flexibility index (Phi) is 4.37. The van der Waals surface area contributed by atoms with Crippen LogP contribution in [0.15, 0.2) is 12.1 Å². The quantitative estimate of drug-likeness (QED) is 0.590. The third-order valence-electron chi connectivity index (χ3n) is 3.46. The maximum Gasteiger partial charge on any atom is 0.342 e. The molecule has 1 aromatic rings. The molecule has 1 aliphatic rings. The summed E-state index contributed by atoms with van der Waals surface area (Å²) >= 11 is 0. The predicted octanol–water partition coefficient (Wildman–Crippen LogP) is 1.94. The summed E-state index contributed by atoms with van der Waals surface area (Å²) in [5, 5.41) is 22.5. The van der Waals surface area contributed by atoms with Gasteiger partial charge in [0.1, 0.15) is 5.56 Å². The lowest BCUT2D eigenvalue weighted by Crippen LogP contribution is -2.27. The summed E-state index contributed by atoms with van der Waals surface area (Å²) in [5.74, 6) is -2.29. The minimum Gasteiger partial charge on any atom is -0.477 e. The molecule has 2 rings (SSSR count). The molecule has 1 aromatic carbocycles. The van der Waals surface area contributed by atoms with E-state index in [4.69, 9.17) is 5.11 Å². The zero-order chi connectivity index (χ0) is 15.6. The summed E-state index contributed by atoms with van der Waals surface area (Å²) in [6, 6.07) is 2.17. The highest BCUT2D eigenvalue weighted by Crippen LogP contribution is 2.27. The highest BCUT2D eigenvalue weighted by Gasteiger charge is 2.26. The average Bonchev–Trinajstić information content (AvgIpc) is 3.23. The molecule has 0 spiro atoms. The largest absolute Gasteiger partial charge is 0.477 e. The van der Waals surface area contributed by atoms with Gasteiger partial charge in [0.05, 0.1) is 16.7 Å². The van der Waals surface area contributed by atoms with Gasteiger partial charge in [-0.3, -0.25) is 10.1 Å². The molecule has 114 valence electrons. The molecule has 21 heavy (non-hydrogen) atoms. The van der Waals surface area contributed by atoms with Crippen molar-refractivity contribution in [3.8, 4) is 0 Å². The Morgan fingerprint density at radius 1 is 1.57 bits per heavy atom. The minimum absolute atomic E-state index is 0.0396. The van der Waals surface area contributed by atoms with E-state index in [1.54, 1.807) is 0 Å². The molecule has 0 aromatic heterocycles. The van der Waals surface area contributed by atoms with E-state index in [9.17, 15) is 19.3 Å². The number of likely N-dealkylation sites (N-methyl/N-ethyl adjacent to an activating group) is 1. The van der Waals surface area contributed by atoms with Gasteiger partial charge in [0.25, 0.3) is 5.69 Å². The molecule has 0 aliphatic heterocycles. The molecule has 0 saturated heterocycles. The summed E-state index contributed by atoms with van der Waals surface area (Å²) in [7, 11) is 1.97. The number of anilines is 1. The second kappa shape index (κ2) is 6.04. The lowest BCUT2D eigenvalue weighted by atomic mass is 10.1. The summed E-state index contributed by atoms with van der Waals surface area (Å²) in [6.45, 7) is 1.12. The van der Waals surface area contributed by atoms with E-state index >= 15 is 0 Å². The first kappa shape index (κ1) is 15.2. The third kappa shape index (κ3) is 3.66. The number of hydrogen-bond donors (Lipinski definition) is 2. The highest BCUT2D eigenvalue weighted by atomic mass is 19.1. The third-order valence-corrected chi connectivity index (χ3v) is 3.46. The van der Waals surface area contributed by atoms with Crippen molar-refractivity contribution in [3.05, 3.63) is 33.6 Å². The maximum atomic E-state index is 13.8. The molecule has 0 heterocycles. The number of aromatic carboxylic acids is 1. The molecule has 0 amide bonds. The Balaban J connectivity index is 2.09. The van der Waals surface area contributed by atoms with Crippen LogP contribution in [0, 0.1) is 15.9 Å². The number of nitrogens with zero attached hydrogens (tertiary/aromatic N) is 2. The molecule has 1 aliphatic carbocycles. The number of nitro groups is 1. The summed E-state index contributed by atoms with van der Waals surface area (Å²) in [4.78, 5) is 23.0. The van der Waals surface area contributed by atoms with Crippen LogP contribution in [0.4, 0.5) is 15.8 Å². The van der Waals surface area contributed by atoms with Crippen molar-refractivity contribution >= 4 is 17.3 Å². The van der Waals surface area contributed by atoms with Crippen LogP contribution in [-0.4, -0.2) is 47.1 Å². The second-order valence-corrected chi connectivity index (χ2v) is 5.05. The second-order valence-electron chi connectivity index (χ2n) is 5.05. The van der Waals surface area contributed by atoms with Gasteiger partial charge in [-0.15, -0.1) is 0 Å². The molecule has 1 saturated carbocycles. The minimum atomic E-state index is -1.46. The predicted molar refractivity (Wildman–Crippen MR) is 74.2 cm³/mol. The molecule has 1 fully saturated rings. The van der Waals surface area contributed by atoms with E-state index in [2.05, 4.69) is 10.2 Å².